The van der Waals surface area contributed by atoms with Crippen molar-refractivity contribution in [2.75, 3.05) is 49.6 Å². The van der Waals surface area contributed by atoms with Gasteiger partial charge in [0.05, 0.1) is 0 Å². The Morgan fingerprint density at radius 3 is 2.29 bits per heavy atom. The molecular formula is C23H25N5. The van der Waals surface area contributed by atoms with Gasteiger partial charge in [0.25, 0.3) is 0 Å². The molecule has 28 heavy (non-hydrogen) atoms. The molecular weight excluding hydrogens is 346 g/mol. The van der Waals surface area contributed by atoms with Crippen molar-refractivity contribution in [1.82, 2.24) is 14.9 Å². The monoisotopic (exact) mass is 371 g/mol. The van der Waals surface area contributed by atoms with Crippen LogP contribution < -0.4 is 9.80 Å². The molecule has 3 aromatic rings. The van der Waals surface area contributed by atoms with Crippen LogP contribution in [-0.2, 0) is 6.42 Å². The molecule has 0 atom stereocenters. The lowest BCUT2D eigenvalue weighted by atomic mass is 10.2. The first-order valence-electron chi connectivity index (χ1n) is 10.0. The largest absolute Gasteiger partial charge is 0.354 e. The van der Waals surface area contributed by atoms with Crippen LogP contribution in [0.1, 0.15) is 5.56 Å². The van der Waals surface area contributed by atoms with E-state index in [1.807, 2.05) is 18.2 Å². The van der Waals surface area contributed by atoms with E-state index in [4.69, 9.17) is 9.97 Å². The smallest absolute Gasteiger partial charge is 0.163 e. The predicted octanol–water partition coefficient (Wildman–Crippen LogP) is 3.59. The Labute approximate surface area is 166 Å². The summed E-state index contributed by atoms with van der Waals surface area (Å²) in [5, 5.41) is 0. The van der Waals surface area contributed by atoms with Gasteiger partial charge in [-0.2, -0.15) is 0 Å². The van der Waals surface area contributed by atoms with Gasteiger partial charge in [-0.3, -0.25) is 0 Å². The number of hydrogen-bond acceptors (Lipinski definition) is 5. The van der Waals surface area contributed by atoms with Gasteiger partial charge in [0.15, 0.2) is 5.82 Å². The summed E-state index contributed by atoms with van der Waals surface area (Å²) >= 11 is 0. The van der Waals surface area contributed by atoms with E-state index in [9.17, 15) is 0 Å². The Kier molecular flexibility index (Phi) is 4.45. The van der Waals surface area contributed by atoms with E-state index in [1.165, 1.54) is 11.3 Å². The van der Waals surface area contributed by atoms with Crippen molar-refractivity contribution in [2.24, 2.45) is 0 Å². The van der Waals surface area contributed by atoms with Gasteiger partial charge in [-0.05, 0) is 25.1 Å². The number of para-hydroxylation sites is 1. The molecule has 1 saturated heterocycles. The zero-order chi connectivity index (χ0) is 18.9. The van der Waals surface area contributed by atoms with Gasteiger partial charge >= 0.3 is 0 Å². The van der Waals surface area contributed by atoms with Gasteiger partial charge in [-0.1, -0.05) is 48.5 Å². The van der Waals surface area contributed by atoms with Crippen LogP contribution in [0.4, 0.5) is 17.3 Å². The van der Waals surface area contributed by atoms with Gasteiger partial charge in [0.1, 0.15) is 11.6 Å². The van der Waals surface area contributed by atoms with Crippen molar-refractivity contribution in [3.63, 3.8) is 0 Å². The molecule has 0 N–H and O–H groups in total. The van der Waals surface area contributed by atoms with E-state index in [-0.39, 0.29) is 0 Å². The van der Waals surface area contributed by atoms with Crippen LogP contribution in [0.15, 0.2) is 60.7 Å². The number of anilines is 3. The van der Waals surface area contributed by atoms with Crippen LogP contribution in [0.25, 0.3) is 11.4 Å². The minimum absolute atomic E-state index is 0.802. The van der Waals surface area contributed by atoms with Crippen LogP contribution in [0.5, 0.6) is 0 Å². The predicted molar refractivity (Wildman–Crippen MR) is 114 cm³/mol. The fourth-order valence-electron chi connectivity index (χ4n) is 4.05. The van der Waals surface area contributed by atoms with Crippen molar-refractivity contribution >= 4 is 17.3 Å². The molecule has 0 saturated carbocycles. The maximum atomic E-state index is 4.97. The summed E-state index contributed by atoms with van der Waals surface area (Å²) in [6, 6.07) is 21.1. The molecule has 5 rings (SSSR count). The fraction of sp³-hybridized carbons (Fsp3) is 0.304. The van der Waals surface area contributed by atoms with Gasteiger partial charge in [0.2, 0.25) is 0 Å². The number of hydrogen-bond donors (Lipinski definition) is 0. The summed E-state index contributed by atoms with van der Waals surface area (Å²) in [5.41, 5.74) is 3.72. The van der Waals surface area contributed by atoms with Crippen molar-refractivity contribution in [2.45, 2.75) is 6.42 Å². The summed E-state index contributed by atoms with van der Waals surface area (Å²) in [6.07, 6.45) is 1.06. The molecule has 2 aliphatic rings. The number of piperazine rings is 1. The highest BCUT2D eigenvalue weighted by Gasteiger charge is 2.24. The molecule has 2 aromatic carbocycles. The lowest BCUT2D eigenvalue weighted by Gasteiger charge is -2.33. The number of likely N-dealkylation sites (N-methyl/N-ethyl adjacent to an activating group) is 1. The Balaban J connectivity index is 1.58. The molecule has 2 aliphatic heterocycles. The molecule has 0 spiro atoms. The molecule has 1 aromatic heterocycles. The van der Waals surface area contributed by atoms with Crippen molar-refractivity contribution in [3.8, 4) is 11.4 Å². The summed E-state index contributed by atoms with van der Waals surface area (Å²) in [6.45, 7) is 5.08. The minimum atomic E-state index is 0.802. The molecule has 0 aliphatic carbocycles. The van der Waals surface area contributed by atoms with E-state index in [0.717, 1.165) is 62.2 Å². The number of benzene rings is 2. The van der Waals surface area contributed by atoms with Gasteiger partial charge in [-0.15, -0.1) is 0 Å². The lowest BCUT2D eigenvalue weighted by molar-refractivity contribution is 0.312. The lowest BCUT2D eigenvalue weighted by Crippen LogP contribution is -2.44. The van der Waals surface area contributed by atoms with E-state index in [0.29, 0.717) is 0 Å². The standard InChI is InChI=1S/C23H25N5/c1-26-13-15-27(16-14-26)21-17-22(25-23(24-21)19-8-3-2-4-9-19)28-12-11-18-7-5-6-10-20(18)28/h2-10,17H,11-16H2,1H3. The van der Waals surface area contributed by atoms with Crippen LogP contribution in [0.3, 0.4) is 0 Å². The minimum Gasteiger partial charge on any atom is -0.354 e. The third-order valence-corrected chi connectivity index (χ3v) is 5.72. The second kappa shape index (κ2) is 7.24. The topological polar surface area (TPSA) is 35.5 Å². The first kappa shape index (κ1) is 17.2. The molecule has 142 valence electrons. The third-order valence-electron chi connectivity index (χ3n) is 5.72. The van der Waals surface area contributed by atoms with Crippen LogP contribution in [-0.4, -0.2) is 54.6 Å². The number of fused-ring (bicyclic) bond motifs is 1. The maximum Gasteiger partial charge on any atom is 0.163 e. The second-order valence-corrected chi connectivity index (χ2v) is 7.59. The molecule has 0 radical (unpaired) electrons. The number of aromatic nitrogens is 2. The summed E-state index contributed by atoms with van der Waals surface area (Å²) in [4.78, 5) is 17.0. The molecule has 0 amide bonds. The summed E-state index contributed by atoms with van der Waals surface area (Å²) in [7, 11) is 2.18. The zero-order valence-corrected chi connectivity index (χ0v) is 16.3. The Bertz CT molecular complexity index is 964. The normalized spacial score (nSPS) is 17.0. The molecule has 3 heterocycles. The Morgan fingerprint density at radius 2 is 1.46 bits per heavy atom. The Morgan fingerprint density at radius 1 is 0.750 bits per heavy atom. The van der Waals surface area contributed by atoms with Crippen molar-refractivity contribution in [1.29, 1.82) is 0 Å². The van der Waals surface area contributed by atoms with E-state index < -0.39 is 0 Å². The van der Waals surface area contributed by atoms with E-state index in [2.05, 4.69) is 64.2 Å². The first-order chi connectivity index (χ1) is 13.8. The quantitative estimate of drug-likeness (QED) is 0.703. The van der Waals surface area contributed by atoms with Gasteiger partial charge < -0.3 is 14.7 Å². The highest BCUT2D eigenvalue weighted by atomic mass is 15.3. The molecule has 5 heteroatoms. The SMILES string of the molecule is CN1CCN(c2cc(N3CCc4ccccc43)nc(-c3ccccc3)n2)CC1. The number of rotatable bonds is 3. The van der Waals surface area contributed by atoms with Gasteiger partial charge in [-0.25, -0.2) is 9.97 Å². The summed E-state index contributed by atoms with van der Waals surface area (Å²) in [5.74, 6) is 2.82. The number of nitrogens with zero attached hydrogens (tertiary/aromatic N) is 5. The van der Waals surface area contributed by atoms with Crippen molar-refractivity contribution < 1.29 is 0 Å². The molecule has 0 bridgehead atoms. The van der Waals surface area contributed by atoms with Crippen LogP contribution in [0, 0.1) is 0 Å². The zero-order valence-electron chi connectivity index (χ0n) is 16.3. The summed E-state index contributed by atoms with van der Waals surface area (Å²) < 4.78 is 0. The molecule has 0 unspecified atom stereocenters. The molecule has 5 nitrogen and oxygen atoms in total. The first-order valence-corrected chi connectivity index (χ1v) is 10.0. The third kappa shape index (κ3) is 3.22. The van der Waals surface area contributed by atoms with Crippen LogP contribution >= 0.6 is 0 Å². The average molecular weight is 371 g/mol. The Hall–Kier alpha value is -2.92. The van der Waals surface area contributed by atoms with Crippen molar-refractivity contribution in [3.05, 3.63) is 66.2 Å². The van der Waals surface area contributed by atoms with Crippen LogP contribution in [0.2, 0.25) is 0 Å². The molecule has 1 fully saturated rings. The second-order valence-electron chi connectivity index (χ2n) is 7.59. The van der Waals surface area contributed by atoms with E-state index in [1.54, 1.807) is 0 Å². The van der Waals surface area contributed by atoms with E-state index >= 15 is 0 Å². The average Bonchev–Trinajstić information content (AvgIpc) is 3.19. The maximum absolute atomic E-state index is 4.97. The van der Waals surface area contributed by atoms with Gasteiger partial charge in [0, 0.05) is 50.0 Å². The highest BCUT2D eigenvalue weighted by Crippen LogP contribution is 2.35. The fourth-order valence-corrected chi connectivity index (χ4v) is 4.05. The highest BCUT2D eigenvalue weighted by molar-refractivity contribution is 5.71.